The number of benzene rings is 2. The van der Waals surface area contributed by atoms with Gasteiger partial charge in [0.1, 0.15) is 5.75 Å². The van der Waals surface area contributed by atoms with Crippen LogP contribution in [-0.4, -0.2) is 28.3 Å². The lowest BCUT2D eigenvalue weighted by atomic mass is 9.89. The summed E-state index contributed by atoms with van der Waals surface area (Å²) < 4.78 is 93.7. The van der Waals surface area contributed by atoms with Crippen molar-refractivity contribution in [1.29, 1.82) is 0 Å². The zero-order valence-electron chi connectivity index (χ0n) is 28.3. The zero-order chi connectivity index (χ0) is 32.0. The molecular formula is C26H35NO4. The lowest BCUT2D eigenvalue weighted by molar-refractivity contribution is -0.141. The highest BCUT2D eigenvalue weighted by Gasteiger charge is 2.38. The fraction of sp³-hybridized carbons (Fsp3) is 0.500. The molecule has 1 amide bonds. The molecule has 0 unspecified atom stereocenters. The predicted octanol–water partition coefficient (Wildman–Crippen LogP) is 4.48. The molecule has 2 aromatic carbocycles. The number of hydrogen-bond acceptors (Lipinski definition) is 4. The fourth-order valence-corrected chi connectivity index (χ4v) is 3.64. The number of rotatable bonds is 8. The first-order valence-electron chi connectivity index (χ1n) is 15.6. The summed E-state index contributed by atoms with van der Waals surface area (Å²) in [5, 5.41) is 24.6. The number of carbonyl (C=O) groups excluding carboxylic acids is 1. The van der Waals surface area contributed by atoms with Crippen LogP contribution in [0, 0.1) is 5.41 Å². The second kappa shape index (κ2) is 9.01. The van der Waals surface area contributed by atoms with E-state index in [1.807, 2.05) is 5.32 Å². The Morgan fingerprint density at radius 1 is 1.13 bits per heavy atom. The molecule has 1 saturated carbocycles. The van der Waals surface area contributed by atoms with E-state index < -0.39 is 55.7 Å². The van der Waals surface area contributed by atoms with Gasteiger partial charge in [-0.25, -0.2) is 0 Å². The molecule has 5 heteroatoms. The van der Waals surface area contributed by atoms with Gasteiger partial charge < -0.3 is 20.3 Å². The maximum Gasteiger partial charge on any atom is 0.256 e. The quantitative estimate of drug-likeness (QED) is 0.570. The van der Waals surface area contributed by atoms with Gasteiger partial charge in [0.05, 0.1) is 20.9 Å². The van der Waals surface area contributed by atoms with Gasteiger partial charge in [-0.1, -0.05) is 62.2 Å². The van der Waals surface area contributed by atoms with Crippen molar-refractivity contribution in [2.24, 2.45) is 5.41 Å². The Labute approximate surface area is 200 Å². The van der Waals surface area contributed by atoms with Crippen molar-refractivity contribution in [2.45, 2.75) is 70.4 Å². The Morgan fingerprint density at radius 2 is 1.77 bits per heavy atom. The largest absolute Gasteiger partial charge is 0.493 e. The molecule has 0 aliphatic heterocycles. The van der Waals surface area contributed by atoms with Gasteiger partial charge in [-0.3, -0.25) is 4.79 Å². The summed E-state index contributed by atoms with van der Waals surface area (Å²) in [5.74, 6) is -1.66. The van der Waals surface area contributed by atoms with E-state index in [-0.39, 0.29) is 16.9 Å². The fourth-order valence-electron chi connectivity index (χ4n) is 3.64. The summed E-state index contributed by atoms with van der Waals surface area (Å²) in [6.07, 6.45) is 2.89. The van der Waals surface area contributed by atoms with Gasteiger partial charge in [-0.2, -0.15) is 0 Å². The van der Waals surface area contributed by atoms with Crippen molar-refractivity contribution in [3.63, 3.8) is 0 Å². The van der Waals surface area contributed by atoms with E-state index in [0.717, 1.165) is 37.1 Å². The highest BCUT2D eigenvalue weighted by atomic mass is 16.5. The van der Waals surface area contributed by atoms with Crippen molar-refractivity contribution in [3.05, 3.63) is 65.7 Å². The van der Waals surface area contributed by atoms with Gasteiger partial charge in [0.15, 0.2) is 5.60 Å². The topological polar surface area (TPSA) is 78.8 Å². The van der Waals surface area contributed by atoms with Gasteiger partial charge >= 0.3 is 0 Å². The van der Waals surface area contributed by atoms with E-state index in [2.05, 4.69) is 0 Å². The van der Waals surface area contributed by atoms with Crippen LogP contribution in [-0.2, 0) is 10.4 Å². The number of ether oxygens (including phenoxy) is 1. The van der Waals surface area contributed by atoms with Gasteiger partial charge in [-0.15, -0.1) is 0 Å². The molecule has 0 bridgehead atoms. The molecule has 0 saturated heterocycles. The Morgan fingerprint density at radius 3 is 2.35 bits per heavy atom. The second-order valence-electron chi connectivity index (χ2n) is 8.29. The van der Waals surface area contributed by atoms with E-state index in [4.69, 9.17) is 19.8 Å². The lowest BCUT2D eigenvalue weighted by Gasteiger charge is -2.33. The maximum absolute atomic E-state index is 13.6. The van der Waals surface area contributed by atoms with E-state index in [9.17, 15) is 15.0 Å². The molecule has 3 N–H and O–H groups in total. The normalized spacial score (nSPS) is 25.7. The third kappa shape index (κ3) is 5.66. The van der Waals surface area contributed by atoms with E-state index >= 15 is 0 Å². The molecule has 0 radical (unpaired) electrons. The second-order valence-corrected chi connectivity index (χ2v) is 8.29. The van der Waals surface area contributed by atoms with E-state index in [1.54, 1.807) is 6.92 Å². The number of nitrogens with one attached hydrogen (secondary N) is 1. The van der Waals surface area contributed by atoms with Crippen molar-refractivity contribution in [3.8, 4) is 5.75 Å². The summed E-state index contributed by atoms with van der Waals surface area (Å²) in [6.45, 7) is -11.0. The molecule has 0 aromatic heterocycles. The molecular weight excluding hydrogens is 390 g/mol. The molecule has 1 aliphatic rings. The summed E-state index contributed by atoms with van der Waals surface area (Å²) in [5.41, 5.74) is -8.33. The molecule has 168 valence electrons. The van der Waals surface area contributed by atoms with Gasteiger partial charge in [0.2, 0.25) is 0 Å². The molecule has 0 heterocycles. The van der Waals surface area contributed by atoms with E-state index in [1.165, 1.54) is 30.3 Å². The minimum atomic E-state index is -3.66. The summed E-state index contributed by atoms with van der Waals surface area (Å²) in [4.78, 5) is 13.6. The molecule has 1 aliphatic carbocycles. The van der Waals surface area contributed by atoms with Gasteiger partial charge in [0, 0.05) is 17.8 Å². The first-order valence-corrected chi connectivity index (χ1v) is 10.1. The van der Waals surface area contributed by atoms with Crippen LogP contribution in [0.4, 0.5) is 0 Å². The number of hydrogen-bond donors (Lipinski definition) is 3. The highest BCUT2D eigenvalue weighted by molar-refractivity contribution is 5.86. The van der Waals surface area contributed by atoms with Gasteiger partial charge in [-0.05, 0) is 56.7 Å². The Hall–Kier alpha value is -2.37. The van der Waals surface area contributed by atoms with Crippen LogP contribution in [0.3, 0.4) is 0 Å². The van der Waals surface area contributed by atoms with Crippen molar-refractivity contribution >= 4 is 5.91 Å². The zero-order valence-corrected chi connectivity index (χ0v) is 17.3. The Kier molecular flexibility index (Phi) is 3.67. The first kappa shape index (κ1) is 12.6. The molecule has 0 spiro atoms. The number of carbonyl (C=O) groups is 1. The minimum absolute atomic E-state index is 0.0107. The summed E-state index contributed by atoms with van der Waals surface area (Å²) >= 11 is 0. The van der Waals surface area contributed by atoms with Crippen molar-refractivity contribution in [2.75, 3.05) is 6.56 Å². The van der Waals surface area contributed by atoms with Crippen molar-refractivity contribution < 1.29 is 34.8 Å². The molecule has 31 heavy (non-hydrogen) atoms. The first-order chi connectivity index (χ1) is 19.0. The Balaban J connectivity index is 2.10. The van der Waals surface area contributed by atoms with E-state index in [0.29, 0.717) is 12.8 Å². The maximum atomic E-state index is 13.6. The SMILES string of the molecule is [2H]C([2H])([2H])C(O)([C@H](NC(=O)[C@](O)(c1ccccc1)C([2H])([2H])[2H])c1ccc(OC([2H])([2H])C2(C)CCCC2)cc1)C([2H])([2H])[2H]. The molecule has 3 rings (SSSR count). The van der Waals surface area contributed by atoms with Crippen LogP contribution in [0.15, 0.2) is 54.6 Å². The Bertz CT molecular complexity index is 1220. The van der Waals surface area contributed by atoms with Crippen LogP contribution in [0.2, 0.25) is 0 Å². The smallest absolute Gasteiger partial charge is 0.256 e. The minimum Gasteiger partial charge on any atom is -0.493 e. The standard InChI is InChI=1S/C26H35NO4/c1-24(2,29)22(27-23(28)26(4,30)20-10-6-5-7-11-20)19-12-14-21(15-13-19)31-18-25(3)16-8-9-17-25/h5-7,10-15,22,29-30H,8-9,16-18H2,1-4H3,(H,27,28)/t22-,26-/m1/s1/i1D3,2D3,4D3,18D2. The van der Waals surface area contributed by atoms with Crippen LogP contribution in [0.5, 0.6) is 5.75 Å². The average Bonchev–Trinajstić information content (AvgIpc) is 3.33. The number of amides is 1. The third-order valence-electron chi connectivity index (χ3n) is 5.55. The highest BCUT2D eigenvalue weighted by Crippen LogP contribution is 2.38. The monoisotopic (exact) mass is 436 g/mol. The molecule has 2 atom stereocenters. The van der Waals surface area contributed by atoms with Crippen molar-refractivity contribution in [1.82, 2.24) is 5.32 Å². The molecule has 5 nitrogen and oxygen atoms in total. The summed E-state index contributed by atoms with van der Waals surface area (Å²) in [7, 11) is 0. The average molecular weight is 437 g/mol. The predicted molar refractivity (Wildman–Crippen MR) is 122 cm³/mol. The molecule has 2 aromatic rings. The van der Waals surface area contributed by atoms with Crippen LogP contribution in [0.25, 0.3) is 0 Å². The third-order valence-corrected chi connectivity index (χ3v) is 5.55. The lowest BCUT2D eigenvalue weighted by Crippen LogP contribution is -2.49. The van der Waals surface area contributed by atoms with Crippen LogP contribution >= 0.6 is 0 Å². The van der Waals surface area contributed by atoms with Crippen LogP contribution in [0.1, 0.15) is 85.4 Å². The molecule has 1 fully saturated rings. The number of aliphatic hydroxyl groups is 2. The van der Waals surface area contributed by atoms with Gasteiger partial charge in [0.25, 0.3) is 5.91 Å². The summed E-state index contributed by atoms with van der Waals surface area (Å²) in [6, 6.07) is 8.96. The van der Waals surface area contributed by atoms with Crippen LogP contribution < -0.4 is 10.1 Å².